The van der Waals surface area contributed by atoms with E-state index in [1.807, 2.05) is 48.5 Å². The van der Waals surface area contributed by atoms with Gasteiger partial charge in [0.25, 0.3) is 0 Å². The lowest BCUT2D eigenvalue weighted by molar-refractivity contribution is -0.132. The zero-order valence-electron chi connectivity index (χ0n) is 17.5. The Morgan fingerprint density at radius 3 is 2.53 bits per heavy atom. The molecule has 1 fully saturated rings. The fraction of sp³-hybridized carbons (Fsp3) is 0.280. The third-order valence-electron chi connectivity index (χ3n) is 5.97. The number of hydrogen-bond donors (Lipinski definition) is 1. The van der Waals surface area contributed by atoms with Crippen LogP contribution >= 0.6 is 0 Å². The first kappa shape index (κ1) is 20.1. The Morgan fingerprint density at radius 1 is 1.07 bits per heavy atom. The van der Waals surface area contributed by atoms with Crippen molar-refractivity contribution in [2.75, 3.05) is 20.7 Å². The molecule has 0 spiro atoms. The van der Waals surface area contributed by atoms with E-state index in [0.717, 1.165) is 47.5 Å². The van der Waals surface area contributed by atoms with E-state index in [1.165, 1.54) is 0 Å². The number of likely N-dealkylation sites (N-methyl/N-ethyl adjacent to an activating group) is 1. The first-order chi connectivity index (χ1) is 14.7. The maximum Gasteiger partial charge on any atom is 0.246 e. The van der Waals surface area contributed by atoms with Gasteiger partial charge in [0.1, 0.15) is 11.3 Å². The van der Waals surface area contributed by atoms with Crippen molar-refractivity contribution in [3.05, 3.63) is 84.2 Å². The molecular formula is C25H27N3O2. The highest BCUT2D eigenvalue weighted by Crippen LogP contribution is 2.41. The van der Waals surface area contributed by atoms with Gasteiger partial charge in [-0.25, -0.2) is 0 Å². The van der Waals surface area contributed by atoms with Crippen LogP contribution in [0.2, 0.25) is 0 Å². The summed E-state index contributed by atoms with van der Waals surface area (Å²) < 4.78 is 5.60. The fourth-order valence-electron chi connectivity index (χ4n) is 4.56. The van der Waals surface area contributed by atoms with Crippen LogP contribution in [0.5, 0.6) is 5.75 Å². The molecule has 0 saturated carbocycles. The number of rotatable bonds is 6. The van der Waals surface area contributed by atoms with Crippen molar-refractivity contribution in [1.29, 1.82) is 0 Å². The molecule has 1 aliphatic heterocycles. The monoisotopic (exact) mass is 401 g/mol. The van der Waals surface area contributed by atoms with Crippen LogP contribution < -0.4 is 10.1 Å². The van der Waals surface area contributed by atoms with Gasteiger partial charge in [-0.15, -0.1) is 0 Å². The van der Waals surface area contributed by atoms with Crippen LogP contribution in [0.3, 0.4) is 0 Å². The number of hydrogen-bond acceptors (Lipinski definition) is 4. The van der Waals surface area contributed by atoms with E-state index in [-0.39, 0.29) is 5.91 Å². The smallest absolute Gasteiger partial charge is 0.246 e. The van der Waals surface area contributed by atoms with E-state index in [1.54, 1.807) is 20.4 Å². The number of pyridine rings is 1. The summed E-state index contributed by atoms with van der Waals surface area (Å²) in [6, 6.07) is 22.2. The minimum Gasteiger partial charge on any atom is -0.496 e. The largest absolute Gasteiger partial charge is 0.496 e. The van der Waals surface area contributed by atoms with Crippen molar-refractivity contribution in [3.8, 4) is 16.9 Å². The Morgan fingerprint density at radius 2 is 1.80 bits per heavy atom. The number of nitrogens with zero attached hydrogens (tertiary/aromatic N) is 2. The highest BCUT2D eigenvalue weighted by atomic mass is 16.5. The molecule has 30 heavy (non-hydrogen) atoms. The molecule has 1 aliphatic rings. The molecule has 4 rings (SSSR count). The SMILES string of the molecule is CNC(=O)[C@@]1(c2ccccn2)CCCN1Cc1ccccc1-c1ccccc1OC. The maximum atomic E-state index is 13.2. The average molecular weight is 402 g/mol. The summed E-state index contributed by atoms with van der Waals surface area (Å²) in [5.74, 6) is 0.835. The predicted molar refractivity (Wildman–Crippen MR) is 118 cm³/mol. The van der Waals surface area contributed by atoms with Gasteiger partial charge in [0.2, 0.25) is 5.91 Å². The number of methoxy groups -OCH3 is 1. The number of para-hydroxylation sites is 1. The van der Waals surface area contributed by atoms with Gasteiger partial charge in [-0.2, -0.15) is 0 Å². The van der Waals surface area contributed by atoms with Crippen LogP contribution in [0.1, 0.15) is 24.1 Å². The van der Waals surface area contributed by atoms with Crippen LogP contribution in [0.25, 0.3) is 11.1 Å². The predicted octanol–water partition coefficient (Wildman–Crippen LogP) is 3.99. The van der Waals surface area contributed by atoms with Gasteiger partial charge in [-0.05, 0) is 48.7 Å². The molecule has 5 nitrogen and oxygen atoms in total. The topological polar surface area (TPSA) is 54.5 Å². The molecule has 2 heterocycles. The van der Waals surface area contributed by atoms with E-state index in [0.29, 0.717) is 6.54 Å². The molecule has 2 aromatic carbocycles. The Kier molecular flexibility index (Phi) is 5.81. The van der Waals surface area contributed by atoms with Crippen molar-refractivity contribution < 1.29 is 9.53 Å². The summed E-state index contributed by atoms with van der Waals surface area (Å²) in [5.41, 5.74) is 3.38. The molecule has 154 valence electrons. The second-order valence-electron chi connectivity index (χ2n) is 7.54. The molecule has 0 aliphatic carbocycles. The van der Waals surface area contributed by atoms with Gasteiger partial charge in [0.15, 0.2) is 0 Å². The molecule has 1 saturated heterocycles. The lowest BCUT2D eigenvalue weighted by Gasteiger charge is -2.36. The number of benzene rings is 2. The normalized spacial score (nSPS) is 18.9. The number of carbonyl (C=O) groups is 1. The lowest BCUT2D eigenvalue weighted by Crippen LogP contribution is -2.52. The van der Waals surface area contributed by atoms with Gasteiger partial charge >= 0.3 is 0 Å². The molecule has 1 N–H and O–H groups in total. The molecule has 3 aromatic rings. The van der Waals surface area contributed by atoms with Gasteiger partial charge in [-0.1, -0.05) is 48.5 Å². The Bertz CT molecular complexity index is 1020. The van der Waals surface area contributed by atoms with Crippen LogP contribution in [-0.4, -0.2) is 36.5 Å². The van der Waals surface area contributed by atoms with Crippen molar-refractivity contribution in [3.63, 3.8) is 0 Å². The number of amides is 1. The first-order valence-electron chi connectivity index (χ1n) is 10.3. The number of nitrogens with one attached hydrogen (secondary N) is 1. The van der Waals surface area contributed by atoms with E-state index in [2.05, 4.69) is 33.4 Å². The van der Waals surface area contributed by atoms with Crippen molar-refractivity contribution in [2.24, 2.45) is 0 Å². The van der Waals surface area contributed by atoms with Crippen LogP contribution in [0.15, 0.2) is 72.9 Å². The zero-order chi connectivity index (χ0) is 21.0. The van der Waals surface area contributed by atoms with Crippen LogP contribution in [0, 0.1) is 0 Å². The lowest BCUT2D eigenvalue weighted by atomic mass is 9.89. The molecule has 1 amide bonds. The van der Waals surface area contributed by atoms with Gasteiger partial charge in [0, 0.05) is 25.4 Å². The minimum absolute atomic E-state index is 0.00604. The molecule has 0 unspecified atom stereocenters. The first-order valence-corrected chi connectivity index (χ1v) is 10.3. The summed E-state index contributed by atoms with van der Waals surface area (Å²) in [7, 11) is 3.39. The van der Waals surface area contributed by atoms with Gasteiger partial charge in [-0.3, -0.25) is 14.7 Å². The van der Waals surface area contributed by atoms with Crippen LogP contribution in [-0.2, 0) is 16.9 Å². The summed E-state index contributed by atoms with van der Waals surface area (Å²) >= 11 is 0. The standard InChI is InChI=1S/C25H27N3O2/c1-26-24(29)25(23-14-7-8-16-27-23)15-9-17-28(25)18-19-10-3-4-11-20(19)21-12-5-6-13-22(21)30-2/h3-8,10-14,16H,9,15,17-18H2,1-2H3,(H,26,29)/t25-/m0/s1. The molecule has 1 aromatic heterocycles. The van der Waals surface area contributed by atoms with E-state index < -0.39 is 5.54 Å². The zero-order valence-corrected chi connectivity index (χ0v) is 17.5. The van der Waals surface area contributed by atoms with Crippen molar-refractivity contribution >= 4 is 5.91 Å². The summed E-state index contributed by atoms with van der Waals surface area (Å²) in [4.78, 5) is 20.0. The molecule has 5 heteroatoms. The van der Waals surface area contributed by atoms with Crippen molar-refractivity contribution in [1.82, 2.24) is 15.2 Å². The second-order valence-corrected chi connectivity index (χ2v) is 7.54. The third kappa shape index (κ3) is 3.46. The summed E-state index contributed by atoms with van der Waals surface area (Å²) in [6.07, 6.45) is 3.46. The van der Waals surface area contributed by atoms with Crippen LogP contribution in [0.4, 0.5) is 0 Å². The maximum absolute atomic E-state index is 13.2. The molecule has 0 bridgehead atoms. The Balaban J connectivity index is 1.77. The number of likely N-dealkylation sites (tertiary alicyclic amines) is 1. The molecular weight excluding hydrogens is 374 g/mol. The van der Waals surface area contributed by atoms with E-state index in [9.17, 15) is 4.79 Å². The molecule has 1 atom stereocenters. The summed E-state index contributed by atoms with van der Waals surface area (Å²) in [5, 5.41) is 2.89. The van der Waals surface area contributed by atoms with Gasteiger partial charge < -0.3 is 10.1 Å². The number of carbonyl (C=O) groups excluding carboxylic acids is 1. The minimum atomic E-state index is -0.760. The number of ether oxygens (including phenoxy) is 1. The summed E-state index contributed by atoms with van der Waals surface area (Å²) in [6.45, 7) is 1.49. The molecule has 0 radical (unpaired) electrons. The van der Waals surface area contributed by atoms with E-state index in [4.69, 9.17) is 4.74 Å². The second kappa shape index (κ2) is 8.67. The average Bonchev–Trinajstić information content (AvgIpc) is 3.24. The Hall–Kier alpha value is -3.18. The highest BCUT2D eigenvalue weighted by molar-refractivity contribution is 5.87. The third-order valence-corrected chi connectivity index (χ3v) is 5.97. The Labute approximate surface area is 177 Å². The van der Waals surface area contributed by atoms with E-state index >= 15 is 0 Å². The number of aromatic nitrogens is 1. The quantitative estimate of drug-likeness (QED) is 0.678. The van der Waals surface area contributed by atoms with Gasteiger partial charge in [0.05, 0.1) is 12.8 Å². The highest BCUT2D eigenvalue weighted by Gasteiger charge is 2.49. The fourth-order valence-corrected chi connectivity index (χ4v) is 4.56. The van der Waals surface area contributed by atoms with Crippen molar-refractivity contribution in [2.45, 2.75) is 24.9 Å².